The zero-order valence-corrected chi connectivity index (χ0v) is 9.67. The summed E-state index contributed by atoms with van der Waals surface area (Å²) in [5.74, 6) is 0. The Balaban J connectivity index is 1.99. The minimum absolute atomic E-state index is 0.832. The fraction of sp³-hybridized carbons (Fsp3) is 1.00. The van der Waals surface area contributed by atoms with E-state index in [1.165, 1.54) is 58.0 Å². The lowest BCUT2D eigenvalue weighted by atomic mass is 10.0. The normalized spacial score (nSPS) is 24.0. The van der Waals surface area contributed by atoms with Crippen molar-refractivity contribution < 1.29 is 0 Å². The highest BCUT2D eigenvalue weighted by atomic mass is 15.1. The van der Waals surface area contributed by atoms with Gasteiger partial charge in [-0.15, -0.1) is 0 Å². The van der Waals surface area contributed by atoms with Gasteiger partial charge in [-0.05, 0) is 52.2 Å². The van der Waals surface area contributed by atoms with Gasteiger partial charge in [-0.25, -0.2) is 0 Å². The molecule has 1 unspecified atom stereocenters. The van der Waals surface area contributed by atoms with Crippen LogP contribution < -0.4 is 5.73 Å². The van der Waals surface area contributed by atoms with Crippen molar-refractivity contribution in [2.24, 2.45) is 5.73 Å². The Morgan fingerprint density at radius 1 is 1.14 bits per heavy atom. The standard InChI is InChI=1S/C12H26N2/c1-12-8-4-7-11-14(12)10-6-3-2-5-9-13/h12H,2-11,13H2,1H3. The number of unbranched alkanes of at least 4 members (excludes halogenated alkanes) is 3. The zero-order chi connectivity index (χ0) is 10.2. The molecule has 0 aromatic rings. The Morgan fingerprint density at radius 2 is 1.93 bits per heavy atom. The molecular formula is C12H26N2. The second-order valence-electron chi connectivity index (χ2n) is 4.58. The Bertz CT molecular complexity index is 136. The van der Waals surface area contributed by atoms with E-state index in [-0.39, 0.29) is 0 Å². The number of nitrogens with zero attached hydrogens (tertiary/aromatic N) is 1. The van der Waals surface area contributed by atoms with Gasteiger partial charge in [0.2, 0.25) is 0 Å². The third-order valence-corrected chi connectivity index (χ3v) is 3.34. The molecule has 0 amide bonds. The summed E-state index contributed by atoms with van der Waals surface area (Å²) >= 11 is 0. The van der Waals surface area contributed by atoms with Gasteiger partial charge in [-0.2, -0.15) is 0 Å². The van der Waals surface area contributed by atoms with Crippen LogP contribution in [0.15, 0.2) is 0 Å². The fourth-order valence-corrected chi connectivity index (χ4v) is 2.30. The number of hydrogen-bond donors (Lipinski definition) is 1. The molecule has 1 saturated heterocycles. The van der Waals surface area contributed by atoms with E-state index in [4.69, 9.17) is 5.73 Å². The van der Waals surface area contributed by atoms with Crippen molar-refractivity contribution in [1.29, 1.82) is 0 Å². The molecule has 2 N–H and O–H groups in total. The first-order valence-electron chi connectivity index (χ1n) is 6.28. The number of rotatable bonds is 6. The smallest absolute Gasteiger partial charge is 0.00669 e. The van der Waals surface area contributed by atoms with Gasteiger partial charge in [-0.3, -0.25) is 0 Å². The molecule has 1 aliphatic heterocycles. The van der Waals surface area contributed by atoms with Crippen LogP contribution in [0.4, 0.5) is 0 Å². The number of hydrogen-bond acceptors (Lipinski definition) is 2. The molecule has 1 fully saturated rings. The van der Waals surface area contributed by atoms with Gasteiger partial charge in [0.05, 0.1) is 0 Å². The molecule has 0 spiro atoms. The van der Waals surface area contributed by atoms with Gasteiger partial charge in [0.25, 0.3) is 0 Å². The third-order valence-electron chi connectivity index (χ3n) is 3.34. The quantitative estimate of drug-likeness (QED) is 0.664. The van der Waals surface area contributed by atoms with Gasteiger partial charge in [0.15, 0.2) is 0 Å². The topological polar surface area (TPSA) is 29.3 Å². The number of nitrogens with two attached hydrogens (primary N) is 1. The first kappa shape index (κ1) is 12.0. The lowest BCUT2D eigenvalue weighted by Crippen LogP contribution is -2.37. The molecule has 14 heavy (non-hydrogen) atoms. The van der Waals surface area contributed by atoms with E-state index in [0.717, 1.165) is 12.6 Å². The maximum Gasteiger partial charge on any atom is 0.00669 e. The van der Waals surface area contributed by atoms with Crippen molar-refractivity contribution in [1.82, 2.24) is 4.90 Å². The van der Waals surface area contributed by atoms with Crippen LogP contribution in [0.1, 0.15) is 51.9 Å². The van der Waals surface area contributed by atoms with E-state index in [1.54, 1.807) is 0 Å². The molecule has 0 aliphatic carbocycles. The molecule has 1 rings (SSSR count). The molecule has 84 valence electrons. The van der Waals surface area contributed by atoms with Gasteiger partial charge in [0.1, 0.15) is 0 Å². The fourth-order valence-electron chi connectivity index (χ4n) is 2.30. The van der Waals surface area contributed by atoms with E-state index in [0.29, 0.717) is 0 Å². The van der Waals surface area contributed by atoms with Crippen molar-refractivity contribution in [3.63, 3.8) is 0 Å². The summed E-state index contributed by atoms with van der Waals surface area (Å²) in [5, 5.41) is 0. The maximum absolute atomic E-state index is 5.47. The summed E-state index contributed by atoms with van der Waals surface area (Å²) in [7, 11) is 0. The molecule has 0 aromatic carbocycles. The van der Waals surface area contributed by atoms with Crippen LogP contribution in [-0.4, -0.2) is 30.6 Å². The molecule has 2 nitrogen and oxygen atoms in total. The second-order valence-corrected chi connectivity index (χ2v) is 4.58. The van der Waals surface area contributed by atoms with Crippen LogP contribution in [0.2, 0.25) is 0 Å². The third kappa shape index (κ3) is 4.43. The van der Waals surface area contributed by atoms with E-state index in [2.05, 4.69) is 11.8 Å². The highest BCUT2D eigenvalue weighted by Crippen LogP contribution is 2.16. The largest absolute Gasteiger partial charge is 0.330 e. The molecular weight excluding hydrogens is 172 g/mol. The van der Waals surface area contributed by atoms with Crippen LogP contribution in [0.25, 0.3) is 0 Å². The monoisotopic (exact) mass is 198 g/mol. The van der Waals surface area contributed by atoms with Crippen molar-refractivity contribution in [2.45, 2.75) is 57.9 Å². The molecule has 0 saturated carbocycles. The van der Waals surface area contributed by atoms with Crippen LogP contribution in [0.5, 0.6) is 0 Å². The molecule has 0 bridgehead atoms. The molecule has 0 radical (unpaired) electrons. The summed E-state index contributed by atoms with van der Waals surface area (Å²) in [6.07, 6.45) is 9.50. The Kier molecular flexibility index (Phi) is 6.20. The molecule has 1 heterocycles. The summed E-state index contributed by atoms with van der Waals surface area (Å²) in [5.41, 5.74) is 5.47. The van der Waals surface area contributed by atoms with E-state index in [9.17, 15) is 0 Å². The van der Waals surface area contributed by atoms with Gasteiger partial charge in [-0.1, -0.05) is 19.3 Å². The maximum atomic E-state index is 5.47. The predicted octanol–water partition coefficient (Wildman–Crippen LogP) is 2.38. The average Bonchev–Trinajstić information content (AvgIpc) is 2.20. The number of likely N-dealkylation sites (tertiary alicyclic amines) is 1. The SMILES string of the molecule is CC1CCCCN1CCCCCCN. The summed E-state index contributed by atoms with van der Waals surface area (Å²) < 4.78 is 0. The average molecular weight is 198 g/mol. The summed E-state index contributed by atoms with van der Waals surface area (Å²) in [4.78, 5) is 2.66. The minimum atomic E-state index is 0.832. The summed E-state index contributed by atoms with van der Waals surface area (Å²) in [6, 6.07) is 0.832. The zero-order valence-electron chi connectivity index (χ0n) is 9.67. The van der Waals surface area contributed by atoms with E-state index in [1.807, 2.05) is 0 Å². The minimum Gasteiger partial charge on any atom is -0.330 e. The second kappa shape index (κ2) is 7.24. The Hall–Kier alpha value is -0.0800. The van der Waals surface area contributed by atoms with Crippen molar-refractivity contribution in [3.05, 3.63) is 0 Å². The van der Waals surface area contributed by atoms with Crippen molar-refractivity contribution in [3.8, 4) is 0 Å². The first-order valence-corrected chi connectivity index (χ1v) is 6.28. The van der Waals surface area contributed by atoms with Crippen molar-refractivity contribution in [2.75, 3.05) is 19.6 Å². The highest BCUT2D eigenvalue weighted by molar-refractivity contribution is 4.72. The van der Waals surface area contributed by atoms with E-state index >= 15 is 0 Å². The summed E-state index contributed by atoms with van der Waals surface area (Å²) in [6.45, 7) is 5.88. The van der Waals surface area contributed by atoms with Crippen LogP contribution in [0, 0.1) is 0 Å². The molecule has 1 aliphatic rings. The first-order chi connectivity index (χ1) is 6.84. The Labute approximate surface area is 88.8 Å². The van der Waals surface area contributed by atoms with Gasteiger partial charge < -0.3 is 10.6 Å². The van der Waals surface area contributed by atoms with Crippen LogP contribution in [0.3, 0.4) is 0 Å². The number of piperidine rings is 1. The highest BCUT2D eigenvalue weighted by Gasteiger charge is 2.16. The van der Waals surface area contributed by atoms with Crippen molar-refractivity contribution >= 4 is 0 Å². The van der Waals surface area contributed by atoms with Crippen LogP contribution >= 0.6 is 0 Å². The van der Waals surface area contributed by atoms with Gasteiger partial charge in [0, 0.05) is 6.04 Å². The van der Waals surface area contributed by atoms with Gasteiger partial charge >= 0.3 is 0 Å². The predicted molar refractivity (Wildman–Crippen MR) is 62.4 cm³/mol. The Morgan fingerprint density at radius 3 is 2.64 bits per heavy atom. The molecule has 1 atom stereocenters. The molecule has 0 aromatic heterocycles. The lowest BCUT2D eigenvalue weighted by Gasteiger charge is -2.33. The van der Waals surface area contributed by atoms with E-state index < -0.39 is 0 Å². The van der Waals surface area contributed by atoms with Crippen LogP contribution in [-0.2, 0) is 0 Å². The molecule has 2 heteroatoms. The lowest BCUT2D eigenvalue weighted by molar-refractivity contribution is 0.157.